The van der Waals surface area contributed by atoms with Gasteiger partial charge in [0, 0.05) is 13.5 Å². The number of esters is 1. The Morgan fingerprint density at radius 3 is 2.50 bits per heavy atom. The van der Waals surface area contributed by atoms with Crippen LogP contribution in [0, 0.1) is 5.92 Å². The van der Waals surface area contributed by atoms with Gasteiger partial charge in [-0.25, -0.2) is 5.01 Å². The van der Waals surface area contributed by atoms with Crippen molar-refractivity contribution in [1.82, 2.24) is 5.43 Å². The van der Waals surface area contributed by atoms with Gasteiger partial charge >= 0.3 is 5.97 Å². The van der Waals surface area contributed by atoms with Gasteiger partial charge in [-0.1, -0.05) is 57.2 Å². The molecule has 0 fully saturated rings. The Kier molecular flexibility index (Phi) is 9.69. The quantitative estimate of drug-likeness (QED) is 0.404. The number of methoxy groups -OCH3 is 1. The van der Waals surface area contributed by atoms with Crippen LogP contribution in [0.2, 0.25) is 0 Å². The van der Waals surface area contributed by atoms with E-state index in [1.165, 1.54) is 12.1 Å². The van der Waals surface area contributed by atoms with Crippen LogP contribution < -0.4 is 10.4 Å². The smallest absolute Gasteiger partial charge is 0.307 e. The molecule has 0 unspecified atom stereocenters. The molecule has 0 bridgehead atoms. The van der Waals surface area contributed by atoms with Gasteiger partial charge in [0.1, 0.15) is 11.7 Å². The summed E-state index contributed by atoms with van der Waals surface area (Å²) in [5.41, 5.74) is 3.70. The Labute approximate surface area is 191 Å². The number of nitrogens with zero attached hydrogens (tertiary/aromatic N) is 1. The number of carbonyl (C=O) groups is 3. The summed E-state index contributed by atoms with van der Waals surface area (Å²) in [5, 5.41) is 1.27. The lowest BCUT2D eigenvalue weighted by Crippen LogP contribution is -2.55. The van der Waals surface area contributed by atoms with E-state index in [4.69, 9.17) is 9.47 Å². The number of benzene rings is 1. The van der Waals surface area contributed by atoms with E-state index in [9.17, 15) is 14.4 Å². The summed E-state index contributed by atoms with van der Waals surface area (Å²) < 4.78 is 10.8. The number of ether oxygens (including phenoxy) is 2. The minimum atomic E-state index is -0.663. The maximum atomic E-state index is 13.2. The van der Waals surface area contributed by atoms with Crippen LogP contribution in [0.5, 0.6) is 0 Å². The van der Waals surface area contributed by atoms with E-state index >= 15 is 0 Å². The lowest BCUT2D eigenvalue weighted by molar-refractivity contribution is -0.157. The van der Waals surface area contributed by atoms with Crippen LogP contribution in [0.3, 0.4) is 0 Å². The largest absolute Gasteiger partial charge is 0.460 e. The standard InChI is InChI=1S/C25H38N2O5/c1-6-7-8-9-10-14-19(17-22(28)32-25(2,3)4)23(29)26-27-20-15-12-11-13-18(20)16-21(31-5)24(27)30/h11-13,15,19,21H,6-10,14,16-17H2,1-5H3,(H,26,29)/t19-,21+/m1/s1. The zero-order valence-electron chi connectivity index (χ0n) is 20.1. The fourth-order valence-corrected chi connectivity index (χ4v) is 3.86. The van der Waals surface area contributed by atoms with E-state index in [1.807, 2.05) is 18.2 Å². The second-order valence-electron chi connectivity index (χ2n) is 9.40. The first kappa shape index (κ1) is 25.8. The highest BCUT2D eigenvalue weighted by Crippen LogP contribution is 2.28. The molecule has 2 rings (SSSR count). The van der Waals surface area contributed by atoms with Crippen LogP contribution in [-0.4, -0.2) is 36.6 Å². The molecule has 0 radical (unpaired) electrons. The van der Waals surface area contributed by atoms with Crippen molar-refractivity contribution >= 4 is 23.5 Å². The monoisotopic (exact) mass is 446 g/mol. The molecule has 0 saturated heterocycles. The van der Waals surface area contributed by atoms with Gasteiger partial charge in [0.05, 0.1) is 18.0 Å². The molecule has 0 aromatic heterocycles. The first-order valence-electron chi connectivity index (χ1n) is 11.6. The Balaban J connectivity index is 2.14. The topological polar surface area (TPSA) is 84.9 Å². The number of unbranched alkanes of at least 4 members (excludes halogenated alkanes) is 4. The highest BCUT2D eigenvalue weighted by atomic mass is 16.6. The van der Waals surface area contributed by atoms with Crippen LogP contribution in [-0.2, 0) is 30.3 Å². The van der Waals surface area contributed by atoms with Crippen molar-refractivity contribution in [2.24, 2.45) is 5.92 Å². The molecular formula is C25H38N2O5. The summed E-state index contributed by atoms with van der Waals surface area (Å²) in [6.07, 6.45) is 5.57. The van der Waals surface area contributed by atoms with E-state index in [1.54, 1.807) is 26.8 Å². The molecule has 0 saturated carbocycles. The highest BCUT2D eigenvalue weighted by molar-refractivity contribution is 6.02. The normalized spacial score (nSPS) is 17.0. The Bertz CT molecular complexity index is 787. The van der Waals surface area contributed by atoms with E-state index in [2.05, 4.69) is 12.3 Å². The molecule has 1 aliphatic rings. The maximum Gasteiger partial charge on any atom is 0.307 e. The molecule has 2 amide bonds. The van der Waals surface area contributed by atoms with E-state index in [-0.39, 0.29) is 18.2 Å². The second-order valence-corrected chi connectivity index (χ2v) is 9.40. The van der Waals surface area contributed by atoms with E-state index in [0.29, 0.717) is 18.5 Å². The lowest BCUT2D eigenvalue weighted by atomic mass is 9.96. The molecule has 1 aromatic carbocycles. The number of hydrogen-bond donors (Lipinski definition) is 1. The Hall–Kier alpha value is -2.41. The molecule has 7 nitrogen and oxygen atoms in total. The first-order valence-corrected chi connectivity index (χ1v) is 11.6. The molecule has 0 spiro atoms. The number of rotatable bonds is 11. The fraction of sp³-hybridized carbons (Fsp3) is 0.640. The number of amides is 2. The van der Waals surface area contributed by atoms with Crippen molar-refractivity contribution in [2.45, 2.75) is 90.8 Å². The minimum Gasteiger partial charge on any atom is -0.460 e. The summed E-state index contributed by atoms with van der Waals surface area (Å²) in [7, 11) is 1.48. The number of para-hydroxylation sites is 1. The summed E-state index contributed by atoms with van der Waals surface area (Å²) >= 11 is 0. The number of hydrogen-bond acceptors (Lipinski definition) is 5. The molecule has 1 heterocycles. The predicted octanol–water partition coefficient (Wildman–Crippen LogP) is 4.33. The number of carbonyl (C=O) groups excluding carboxylic acids is 3. The molecule has 1 aliphatic heterocycles. The number of anilines is 1. The number of hydrazine groups is 1. The van der Waals surface area contributed by atoms with Gasteiger partial charge in [-0.05, 0) is 38.8 Å². The summed E-state index contributed by atoms with van der Waals surface area (Å²) in [6, 6.07) is 7.43. The summed E-state index contributed by atoms with van der Waals surface area (Å²) in [5.74, 6) is -1.66. The van der Waals surface area contributed by atoms with Crippen LogP contribution >= 0.6 is 0 Å². The maximum absolute atomic E-state index is 13.2. The lowest BCUT2D eigenvalue weighted by Gasteiger charge is -2.34. The molecule has 178 valence electrons. The molecule has 1 N–H and O–H groups in total. The molecule has 0 aliphatic carbocycles. The highest BCUT2D eigenvalue weighted by Gasteiger charge is 2.35. The van der Waals surface area contributed by atoms with Gasteiger partial charge in [0.2, 0.25) is 5.91 Å². The fourth-order valence-electron chi connectivity index (χ4n) is 3.86. The van der Waals surface area contributed by atoms with Gasteiger partial charge in [-0.15, -0.1) is 0 Å². The minimum absolute atomic E-state index is 0.0196. The van der Waals surface area contributed by atoms with Crippen LogP contribution in [0.1, 0.15) is 78.2 Å². The molecule has 2 atom stereocenters. The van der Waals surface area contributed by atoms with E-state index in [0.717, 1.165) is 37.7 Å². The average molecular weight is 447 g/mol. The predicted molar refractivity (Wildman–Crippen MR) is 124 cm³/mol. The third kappa shape index (κ3) is 7.62. The zero-order chi connectivity index (χ0) is 23.7. The molecule has 1 aromatic rings. The summed E-state index contributed by atoms with van der Waals surface area (Å²) in [6.45, 7) is 7.57. The van der Waals surface area contributed by atoms with Gasteiger partial charge < -0.3 is 9.47 Å². The SMILES string of the molecule is CCCCCCC[C@H](CC(=O)OC(C)(C)C)C(=O)NN1C(=O)[C@@H](OC)Cc2ccccc21. The Morgan fingerprint density at radius 2 is 1.84 bits per heavy atom. The van der Waals surface area contributed by atoms with Crippen molar-refractivity contribution in [3.05, 3.63) is 29.8 Å². The second kappa shape index (κ2) is 12.0. The van der Waals surface area contributed by atoms with Gasteiger partial charge in [0.25, 0.3) is 5.91 Å². The first-order chi connectivity index (χ1) is 15.2. The average Bonchev–Trinajstić information content (AvgIpc) is 2.73. The third-order valence-electron chi connectivity index (χ3n) is 5.50. The molecular weight excluding hydrogens is 408 g/mol. The molecule has 32 heavy (non-hydrogen) atoms. The Morgan fingerprint density at radius 1 is 1.16 bits per heavy atom. The van der Waals surface area contributed by atoms with Crippen molar-refractivity contribution in [1.29, 1.82) is 0 Å². The van der Waals surface area contributed by atoms with Crippen LogP contribution in [0.4, 0.5) is 5.69 Å². The molecule has 7 heteroatoms. The zero-order valence-corrected chi connectivity index (χ0v) is 20.1. The number of fused-ring (bicyclic) bond motifs is 1. The van der Waals surface area contributed by atoms with Crippen LogP contribution in [0.15, 0.2) is 24.3 Å². The van der Waals surface area contributed by atoms with E-state index < -0.39 is 23.6 Å². The van der Waals surface area contributed by atoms with Gasteiger partial charge in [0.15, 0.2) is 0 Å². The van der Waals surface area contributed by atoms with Gasteiger partial charge in [-0.2, -0.15) is 0 Å². The summed E-state index contributed by atoms with van der Waals surface area (Å²) in [4.78, 5) is 38.6. The van der Waals surface area contributed by atoms with Crippen molar-refractivity contribution < 1.29 is 23.9 Å². The van der Waals surface area contributed by atoms with Crippen LogP contribution in [0.25, 0.3) is 0 Å². The number of nitrogens with one attached hydrogen (secondary N) is 1. The van der Waals surface area contributed by atoms with Crippen molar-refractivity contribution in [3.63, 3.8) is 0 Å². The van der Waals surface area contributed by atoms with Crippen molar-refractivity contribution in [2.75, 3.05) is 12.1 Å². The van der Waals surface area contributed by atoms with Crippen molar-refractivity contribution in [3.8, 4) is 0 Å². The third-order valence-corrected chi connectivity index (χ3v) is 5.50. The van der Waals surface area contributed by atoms with Gasteiger partial charge in [-0.3, -0.25) is 19.8 Å².